The molecule has 0 aromatic heterocycles. The molecule has 0 aliphatic carbocycles. The summed E-state index contributed by atoms with van der Waals surface area (Å²) in [5.41, 5.74) is 0. The molecule has 0 spiro atoms. The molecule has 0 radical (unpaired) electrons. The second kappa shape index (κ2) is 6.09. The fourth-order valence-corrected chi connectivity index (χ4v) is 0.508. The normalized spacial score (nSPS) is 10.6. The average molecular weight is 116 g/mol. The van der Waals surface area contributed by atoms with E-state index in [0.29, 0.717) is 0 Å². The molecule has 0 rings (SSSR count). The molecule has 1 heteroatoms. The molecule has 0 atom stereocenters. The molecule has 0 unspecified atom stereocenters. The number of thiol groups is 1. The summed E-state index contributed by atoms with van der Waals surface area (Å²) in [6.07, 6.45) is 6.58. The summed E-state index contributed by atoms with van der Waals surface area (Å²) in [6.45, 7) is 2.13. The lowest BCUT2D eigenvalue weighted by atomic mass is 10.4. The van der Waals surface area contributed by atoms with Crippen molar-refractivity contribution in [2.45, 2.75) is 19.8 Å². The van der Waals surface area contributed by atoms with Crippen LogP contribution in [0, 0.1) is 0 Å². The van der Waals surface area contributed by atoms with Crippen molar-refractivity contribution in [3.8, 4) is 0 Å². The van der Waals surface area contributed by atoms with E-state index < -0.39 is 0 Å². The van der Waals surface area contributed by atoms with Crippen molar-refractivity contribution in [3.63, 3.8) is 0 Å². The summed E-state index contributed by atoms with van der Waals surface area (Å²) in [5, 5.41) is 0. The van der Waals surface area contributed by atoms with Gasteiger partial charge in [0.1, 0.15) is 0 Å². The second-order valence-corrected chi connectivity index (χ2v) is 1.84. The molecule has 0 aromatic carbocycles. The van der Waals surface area contributed by atoms with Gasteiger partial charge >= 0.3 is 0 Å². The monoisotopic (exact) mass is 116 g/mol. The Kier molecular flexibility index (Phi) is 6.17. The van der Waals surface area contributed by atoms with Crippen LogP contribution in [-0.4, -0.2) is 5.75 Å². The minimum absolute atomic E-state index is 0.969. The maximum Gasteiger partial charge on any atom is -0.00633 e. The van der Waals surface area contributed by atoms with Crippen LogP contribution in [0.15, 0.2) is 12.2 Å². The first-order valence-electron chi connectivity index (χ1n) is 2.67. The van der Waals surface area contributed by atoms with Crippen LogP contribution >= 0.6 is 12.6 Å². The van der Waals surface area contributed by atoms with Crippen LogP contribution in [0.4, 0.5) is 0 Å². The molecule has 0 aliphatic rings. The quantitative estimate of drug-likeness (QED) is 0.424. The minimum Gasteiger partial charge on any atom is -0.179 e. The highest BCUT2D eigenvalue weighted by atomic mass is 32.1. The number of hydrogen-bond acceptors (Lipinski definition) is 1. The van der Waals surface area contributed by atoms with E-state index in [1.54, 1.807) is 0 Å². The molecule has 0 aromatic rings. The van der Waals surface area contributed by atoms with Gasteiger partial charge in [-0.3, -0.25) is 0 Å². The van der Waals surface area contributed by atoms with Gasteiger partial charge in [-0.15, -0.1) is 0 Å². The third kappa shape index (κ3) is 6.09. The van der Waals surface area contributed by atoms with E-state index in [9.17, 15) is 0 Å². The number of rotatable bonds is 3. The van der Waals surface area contributed by atoms with Crippen LogP contribution in [-0.2, 0) is 0 Å². The Morgan fingerprint density at radius 1 is 1.43 bits per heavy atom. The predicted octanol–water partition coefficient (Wildman–Crippen LogP) is 2.27. The molecule has 0 aliphatic heterocycles. The Hall–Kier alpha value is 0.0900. The van der Waals surface area contributed by atoms with Crippen molar-refractivity contribution in [2.24, 2.45) is 0 Å². The third-order valence-corrected chi connectivity index (χ3v) is 0.956. The zero-order valence-corrected chi connectivity index (χ0v) is 5.62. The molecular formula is C6H12S. The van der Waals surface area contributed by atoms with Gasteiger partial charge in [-0.25, -0.2) is 0 Å². The van der Waals surface area contributed by atoms with Crippen LogP contribution in [0.1, 0.15) is 19.8 Å². The van der Waals surface area contributed by atoms with E-state index in [1.165, 1.54) is 0 Å². The average Bonchev–Trinajstić information content (AvgIpc) is 1.69. The van der Waals surface area contributed by atoms with E-state index in [1.807, 2.05) is 0 Å². The minimum atomic E-state index is 0.969. The van der Waals surface area contributed by atoms with Gasteiger partial charge in [0.25, 0.3) is 0 Å². The maximum absolute atomic E-state index is 4.04. The Morgan fingerprint density at radius 2 is 2.14 bits per heavy atom. The van der Waals surface area contributed by atoms with Gasteiger partial charge in [0, 0.05) is 0 Å². The standard InChI is InChI=1S/C6H12S/c1-2-3-4-5-6-7/h3-4,7H,2,5-6H2,1H3. The van der Waals surface area contributed by atoms with Gasteiger partial charge in [-0.2, -0.15) is 12.6 Å². The van der Waals surface area contributed by atoms with E-state index >= 15 is 0 Å². The van der Waals surface area contributed by atoms with Gasteiger partial charge in [0.15, 0.2) is 0 Å². The molecule has 42 valence electrons. The van der Waals surface area contributed by atoms with E-state index in [2.05, 4.69) is 31.7 Å². The summed E-state index contributed by atoms with van der Waals surface area (Å²) in [4.78, 5) is 0. The lowest BCUT2D eigenvalue weighted by molar-refractivity contribution is 1.17. The summed E-state index contributed by atoms with van der Waals surface area (Å²) in [6, 6.07) is 0. The predicted molar refractivity (Wildman–Crippen MR) is 37.9 cm³/mol. The van der Waals surface area contributed by atoms with Crippen LogP contribution in [0.2, 0.25) is 0 Å². The molecule has 0 bridgehead atoms. The van der Waals surface area contributed by atoms with E-state index in [4.69, 9.17) is 0 Å². The fraction of sp³-hybridized carbons (Fsp3) is 0.667. The molecule has 0 nitrogen and oxygen atoms in total. The SMILES string of the molecule is CCC=CCCS. The molecule has 0 N–H and O–H groups in total. The fourth-order valence-electron chi connectivity index (χ4n) is 0.359. The van der Waals surface area contributed by atoms with Crippen LogP contribution < -0.4 is 0 Å². The molecule has 0 heterocycles. The van der Waals surface area contributed by atoms with Crippen molar-refractivity contribution >= 4 is 12.6 Å². The van der Waals surface area contributed by atoms with Gasteiger partial charge in [-0.1, -0.05) is 19.1 Å². The lowest BCUT2D eigenvalue weighted by Gasteiger charge is -1.79. The third-order valence-electron chi connectivity index (χ3n) is 0.698. The highest BCUT2D eigenvalue weighted by Gasteiger charge is 1.68. The zero-order chi connectivity index (χ0) is 5.54. The number of hydrogen-bond donors (Lipinski definition) is 1. The molecule has 0 saturated heterocycles. The van der Waals surface area contributed by atoms with E-state index in [-0.39, 0.29) is 0 Å². The first-order chi connectivity index (χ1) is 3.41. The van der Waals surface area contributed by atoms with Crippen molar-refractivity contribution in [3.05, 3.63) is 12.2 Å². The highest BCUT2D eigenvalue weighted by Crippen LogP contribution is 1.86. The first-order valence-corrected chi connectivity index (χ1v) is 3.31. The van der Waals surface area contributed by atoms with Crippen LogP contribution in [0.25, 0.3) is 0 Å². The van der Waals surface area contributed by atoms with Crippen LogP contribution in [0.5, 0.6) is 0 Å². The van der Waals surface area contributed by atoms with E-state index in [0.717, 1.165) is 18.6 Å². The van der Waals surface area contributed by atoms with Gasteiger partial charge in [-0.05, 0) is 18.6 Å². The summed E-state index contributed by atoms with van der Waals surface area (Å²) >= 11 is 4.04. The van der Waals surface area contributed by atoms with Crippen molar-refractivity contribution in [2.75, 3.05) is 5.75 Å². The Morgan fingerprint density at radius 3 is 2.57 bits per heavy atom. The zero-order valence-electron chi connectivity index (χ0n) is 4.72. The van der Waals surface area contributed by atoms with Crippen molar-refractivity contribution < 1.29 is 0 Å². The van der Waals surface area contributed by atoms with Crippen molar-refractivity contribution in [1.82, 2.24) is 0 Å². The summed E-state index contributed by atoms with van der Waals surface area (Å²) in [7, 11) is 0. The summed E-state index contributed by atoms with van der Waals surface area (Å²) in [5.74, 6) is 0.969. The Bertz CT molecular complexity index is 48.1. The van der Waals surface area contributed by atoms with Gasteiger partial charge < -0.3 is 0 Å². The Labute approximate surface area is 51.0 Å². The van der Waals surface area contributed by atoms with Gasteiger partial charge in [0.2, 0.25) is 0 Å². The highest BCUT2D eigenvalue weighted by molar-refractivity contribution is 7.80. The van der Waals surface area contributed by atoms with Crippen LogP contribution in [0.3, 0.4) is 0 Å². The molecule has 0 fully saturated rings. The van der Waals surface area contributed by atoms with Gasteiger partial charge in [0.05, 0.1) is 0 Å². The number of allylic oxidation sites excluding steroid dienone is 2. The molecular weight excluding hydrogens is 104 g/mol. The molecule has 0 amide bonds. The lowest BCUT2D eigenvalue weighted by Crippen LogP contribution is -1.64. The summed E-state index contributed by atoms with van der Waals surface area (Å²) < 4.78 is 0. The molecule has 0 saturated carbocycles. The topological polar surface area (TPSA) is 0 Å². The van der Waals surface area contributed by atoms with Crippen molar-refractivity contribution in [1.29, 1.82) is 0 Å². The maximum atomic E-state index is 4.04. The Balaban J connectivity index is 2.78. The first kappa shape index (κ1) is 7.09. The second-order valence-electron chi connectivity index (χ2n) is 1.39. The largest absolute Gasteiger partial charge is 0.179 e. The molecule has 7 heavy (non-hydrogen) atoms. The smallest absolute Gasteiger partial charge is 0.00633 e.